The lowest BCUT2D eigenvalue weighted by atomic mass is 9.82. The van der Waals surface area contributed by atoms with Crippen molar-refractivity contribution in [1.29, 1.82) is 0 Å². The van der Waals surface area contributed by atoms with E-state index in [1.54, 1.807) is 12.1 Å². The summed E-state index contributed by atoms with van der Waals surface area (Å²) in [7, 11) is 0. The van der Waals surface area contributed by atoms with Crippen molar-refractivity contribution in [2.24, 2.45) is 29.4 Å². The van der Waals surface area contributed by atoms with Gasteiger partial charge in [-0.2, -0.15) is 0 Å². The Labute approximate surface area is 127 Å². The molecule has 0 spiro atoms. The van der Waals surface area contributed by atoms with Crippen LogP contribution in [0.2, 0.25) is 0 Å². The third-order valence-electron chi connectivity index (χ3n) is 4.48. The van der Waals surface area contributed by atoms with Crippen LogP contribution in [0, 0.1) is 23.7 Å². The number of carbonyl (C=O) groups is 3. The third-order valence-corrected chi connectivity index (χ3v) is 4.48. The molecule has 2 aliphatic rings. The molecule has 0 aliphatic heterocycles. The molecular weight excluding hydrogens is 284 g/mol. The average molecular weight is 300 g/mol. The quantitative estimate of drug-likeness (QED) is 0.727. The Balaban J connectivity index is 1.75. The van der Waals surface area contributed by atoms with E-state index in [1.807, 2.05) is 12.2 Å². The van der Waals surface area contributed by atoms with Crippen molar-refractivity contribution < 1.29 is 19.5 Å². The van der Waals surface area contributed by atoms with Crippen LogP contribution in [0.5, 0.6) is 0 Å². The number of nitrogens with two attached hydrogens (primary N) is 1. The minimum atomic E-state index is -0.930. The Hall–Kier alpha value is -2.63. The fourth-order valence-corrected chi connectivity index (χ4v) is 3.46. The molecule has 0 heterocycles. The zero-order valence-corrected chi connectivity index (χ0v) is 11.7. The summed E-state index contributed by atoms with van der Waals surface area (Å²) in [5.41, 5.74) is 6.03. The second-order valence-electron chi connectivity index (χ2n) is 5.77. The second-order valence-corrected chi connectivity index (χ2v) is 5.77. The topological polar surface area (TPSA) is 109 Å². The summed E-state index contributed by atoms with van der Waals surface area (Å²) in [5.74, 6) is -3.06. The first kappa shape index (κ1) is 14.3. The van der Waals surface area contributed by atoms with Gasteiger partial charge in [0.05, 0.1) is 11.8 Å². The summed E-state index contributed by atoms with van der Waals surface area (Å²) in [6.07, 6.45) is 4.55. The summed E-state index contributed by atoms with van der Waals surface area (Å²) in [6.45, 7) is 0. The number of hydrogen-bond acceptors (Lipinski definition) is 3. The minimum absolute atomic E-state index is 0.0176. The molecule has 0 aromatic heterocycles. The Morgan fingerprint density at radius 3 is 2.18 bits per heavy atom. The molecular formula is C16H16N2O4. The average Bonchev–Trinajstić information content (AvgIpc) is 3.08. The molecule has 4 atom stereocenters. The normalized spacial score (nSPS) is 28.5. The number of carbonyl (C=O) groups excluding carboxylic acids is 2. The predicted molar refractivity (Wildman–Crippen MR) is 78.9 cm³/mol. The number of hydrogen-bond donors (Lipinski definition) is 3. The van der Waals surface area contributed by atoms with E-state index < -0.39 is 23.7 Å². The number of carboxylic acids is 1. The maximum atomic E-state index is 12.4. The van der Waals surface area contributed by atoms with E-state index >= 15 is 0 Å². The van der Waals surface area contributed by atoms with Crippen LogP contribution in [0.15, 0.2) is 36.4 Å². The predicted octanol–water partition coefficient (Wildman–Crippen LogP) is 1.25. The first-order valence-corrected chi connectivity index (χ1v) is 7.09. The number of aliphatic carboxylic acids is 1. The van der Waals surface area contributed by atoms with Gasteiger partial charge in [-0.1, -0.05) is 12.2 Å². The van der Waals surface area contributed by atoms with E-state index in [9.17, 15) is 19.5 Å². The number of allylic oxidation sites excluding steroid dienone is 2. The maximum Gasteiger partial charge on any atom is 0.307 e. The van der Waals surface area contributed by atoms with Gasteiger partial charge in [-0.25, -0.2) is 0 Å². The van der Waals surface area contributed by atoms with Crippen LogP contribution >= 0.6 is 0 Å². The second kappa shape index (κ2) is 5.29. The Morgan fingerprint density at radius 1 is 1.05 bits per heavy atom. The van der Waals surface area contributed by atoms with Gasteiger partial charge in [-0.3, -0.25) is 14.4 Å². The highest BCUT2D eigenvalue weighted by molar-refractivity contribution is 5.97. The van der Waals surface area contributed by atoms with E-state index in [0.717, 1.165) is 6.42 Å². The molecule has 1 aromatic carbocycles. The molecule has 3 rings (SSSR count). The van der Waals surface area contributed by atoms with Gasteiger partial charge in [0.15, 0.2) is 0 Å². The Morgan fingerprint density at radius 2 is 1.64 bits per heavy atom. The van der Waals surface area contributed by atoms with Crippen molar-refractivity contribution in [1.82, 2.24) is 0 Å². The highest BCUT2D eigenvalue weighted by atomic mass is 16.4. The van der Waals surface area contributed by atoms with Gasteiger partial charge in [0.2, 0.25) is 11.8 Å². The SMILES string of the molecule is NC(=O)c1ccc(NC(=O)[C@@H]2[C@@H](C(=O)O)[C@H]3C=C[C@H]2C3)cc1. The van der Waals surface area contributed by atoms with Crippen molar-refractivity contribution >= 4 is 23.5 Å². The van der Waals surface area contributed by atoms with Gasteiger partial charge >= 0.3 is 5.97 Å². The van der Waals surface area contributed by atoms with Crippen LogP contribution in [0.1, 0.15) is 16.8 Å². The molecule has 22 heavy (non-hydrogen) atoms. The summed E-state index contributed by atoms with van der Waals surface area (Å²) in [6, 6.07) is 6.20. The monoisotopic (exact) mass is 300 g/mol. The van der Waals surface area contributed by atoms with Crippen LogP contribution in [-0.4, -0.2) is 22.9 Å². The molecule has 2 aliphatic carbocycles. The van der Waals surface area contributed by atoms with E-state index in [4.69, 9.17) is 5.73 Å². The number of primary amides is 1. The van der Waals surface area contributed by atoms with E-state index in [0.29, 0.717) is 11.3 Å². The van der Waals surface area contributed by atoms with E-state index in [2.05, 4.69) is 5.32 Å². The van der Waals surface area contributed by atoms with Gasteiger partial charge < -0.3 is 16.2 Å². The van der Waals surface area contributed by atoms with Crippen molar-refractivity contribution in [2.45, 2.75) is 6.42 Å². The maximum absolute atomic E-state index is 12.4. The fourth-order valence-electron chi connectivity index (χ4n) is 3.46. The van der Waals surface area contributed by atoms with Gasteiger partial charge in [-0.15, -0.1) is 0 Å². The number of anilines is 1. The van der Waals surface area contributed by atoms with Crippen molar-refractivity contribution in [2.75, 3.05) is 5.32 Å². The van der Waals surface area contributed by atoms with Crippen LogP contribution in [0.25, 0.3) is 0 Å². The summed E-state index contributed by atoms with van der Waals surface area (Å²) in [4.78, 5) is 34.9. The van der Waals surface area contributed by atoms with E-state index in [-0.39, 0.29) is 17.7 Å². The van der Waals surface area contributed by atoms with Gasteiger partial charge in [-0.05, 0) is 42.5 Å². The third kappa shape index (κ3) is 2.36. The van der Waals surface area contributed by atoms with Gasteiger partial charge in [0, 0.05) is 11.3 Å². The molecule has 1 fully saturated rings. The Kier molecular flexibility index (Phi) is 3.44. The Bertz CT molecular complexity index is 665. The van der Waals surface area contributed by atoms with Crippen molar-refractivity contribution in [3.63, 3.8) is 0 Å². The molecule has 4 N–H and O–H groups in total. The fraction of sp³-hybridized carbons (Fsp3) is 0.312. The first-order valence-electron chi connectivity index (χ1n) is 7.09. The molecule has 114 valence electrons. The number of benzene rings is 1. The van der Waals surface area contributed by atoms with E-state index in [1.165, 1.54) is 12.1 Å². The molecule has 1 aromatic rings. The molecule has 2 bridgehead atoms. The smallest absolute Gasteiger partial charge is 0.307 e. The van der Waals surface area contributed by atoms with Gasteiger partial charge in [0.25, 0.3) is 0 Å². The number of rotatable bonds is 4. The number of carboxylic acid groups (broad SMARTS) is 1. The number of nitrogens with one attached hydrogen (secondary N) is 1. The highest BCUT2D eigenvalue weighted by Crippen LogP contribution is 2.48. The molecule has 2 amide bonds. The number of amides is 2. The van der Waals surface area contributed by atoms with Crippen LogP contribution < -0.4 is 11.1 Å². The molecule has 6 heteroatoms. The lowest BCUT2D eigenvalue weighted by Gasteiger charge is -2.23. The van der Waals surface area contributed by atoms with Gasteiger partial charge in [0.1, 0.15) is 0 Å². The molecule has 0 unspecified atom stereocenters. The van der Waals surface area contributed by atoms with Crippen molar-refractivity contribution in [3.8, 4) is 0 Å². The molecule has 1 saturated carbocycles. The lowest BCUT2D eigenvalue weighted by Crippen LogP contribution is -2.36. The zero-order valence-electron chi connectivity index (χ0n) is 11.7. The van der Waals surface area contributed by atoms with Crippen LogP contribution in [0.3, 0.4) is 0 Å². The van der Waals surface area contributed by atoms with Crippen molar-refractivity contribution in [3.05, 3.63) is 42.0 Å². The zero-order chi connectivity index (χ0) is 15.9. The number of fused-ring (bicyclic) bond motifs is 2. The van der Waals surface area contributed by atoms with Crippen LogP contribution in [-0.2, 0) is 9.59 Å². The molecule has 0 radical (unpaired) electrons. The van der Waals surface area contributed by atoms with Crippen LogP contribution in [0.4, 0.5) is 5.69 Å². The summed E-state index contributed by atoms with van der Waals surface area (Å²) in [5, 5.41) is 12.1. The summed E-state index contributed by atoms with van der Waals surface area (Å²) >= 11 is 0. The largest absolute Gasteiger partial charge is 0.481 e. The highest BCUT2D eigenvalue weighted by Gasteiger charge is 2.51. The molecule has 6 nitrogen and oxygen atoms in total. The minimum Gasteiger partial charge on any atom is -0.481 e. The standard InChI is InChI=1S/C16H16N2O4/c17-14(19)8-3-5-11(6-4-8)18-15(20)12-9-1-2-10(7-9)13(12)16(21)22/h1-6,9-10,12-13H,7H2,(H2,17,19)(H,18,20)(H,21,22)/t9-,10-,12-,13-/m0/s1. The molecule has 0 saturated heterocycles. The summed E-state index contributed by atoms with van der Waals surface area (Å²) < 4.78 is 0. The first-order chi connectivity index (χ1) is 10.5. The lowest BCUT2D eigenvalue weighted by molar-refractivity contribution is -0.146.